The van der Waals surface area contributed by atoms with Gasteiger partial charge in [-0.3, -0.25) is 9.59 Å². The number of hydrogen-bond donors (Lipinski definition) is 0. The third kappa shape index (κ3) is 3.53. The molecule has 0 aliphatic carbocycles. The van der Waals surface area contributed by atoms with E-state index < -0.39 is 11.7 Å². The summed E-state index contributed by atoms with van der Waals surface area (Å²) >= 11 is 3.01. The van der Waals surface area contributed by atoms with Crippen LogP contribution in [-0.2, 0) is 4.79 Å². The van der Waals surface area contributed by atoms with Gasteiger partial charge in [-0.05, 0) is 34.1 Å². The third-order valence-corrected chi connectivity index (χ3v) is 3.03. The lowest BCUT2D eigenvalue weighted by Gasteiger charge is -2.19. The number of likely N-dealkylation sites (N-methyl/N-ethyl adjacent to an activating group) is 2. The average molecular weight is 317 g/mol. The van der Waals surface area contributed by atoms with Crippen LogP contribution in [0.2, 0.25) is 0 Å². The van der Waals surface area contributed by atoms with E-state index in [0.717, 1.165) is 6.07 Å². The fraction of sp³-hybridized carbons (Fsp3) is 0.333. The highest BCUT2D eigenvalue weighted by molar-refractivity contribution is 9.10. The van der Waals surface area contributed by atoms with E-state index in [-0.39, 0.29) is 18.0 Å². The average Bonchev–Trinajstić information content (AvgIpc) is 2.31. The van der Waals surface area contributed by atoms with Gasteiger partial charge in [-0.25, -0.2) is 4.39 Å². The topological polar surface area (TPSA) is 40.6 Å². The van der Waals surface area contributed by atoms with E-state index in [9.17, 15) is 14.0 Å². The number of nitrogens with zero attached hydrogens (tertiary/aromatic N) is 2. The first-order valence-corrected chi connectivity index (χ1v) is 6.03. The van der Waals surface area contributed by atoms with Crippen molar-refractivity contribution >= 4 is 27.7 Å². The number of halogens is 2. The smallest absolute Gasteiger partial charge is 0.254 e. The molecule has 0 unspecified atom stereocenters. The lowest BCUT2D eigenvalue weighted by molar-refractivity contribution is -0.129. The molecule has 0 heterocycles. The molecule has 0 bridgehead atoms. The molecule has 0 aromatic heterocycles. The molecule has 0 spiro atoms. The fourth-order valence-electron chi connectivity index (χ4n) is 1.27. The summed E-state index contributed by atoms with van der Waals surface area (Å²) in [6.07, 6.45) is 0. The minimum Gasteiger partial charge on any atom is -0.347 e. The maximum Gasteiger partial charge on any atom is 0.254 e. The Balaban J connectivity index is 2.80. The quantitative estimate of drug-likeness (QED) is 0.852. The van der Waals surface area contributed by atoms with Crippen LogP contribution in [0.25, 0.3) is 0 Å². The van der Waals surface area contributed by atoms with Gasteiger partial charge in [-0.2, -0.15) is 0 Å². The summed E-state index contributed by atoms with van der Waals surface area (Å²) < 4.78 is 13.6. The zero-order chi connectivity index (χ0) is 13.9. The lowest BCUT2D eigenvalue weighted by atomic mass is 10.2. The summed E-state index contributed by atoms with van der Waals surface area (Å²) in [4.78, 5) is 26.0. The minimum atomic E-state index is -0.506. The Morgan fingerprint density at radius 3 is 2.39 bits per heavy atom. The van der Waals surface area contributed by atoms with Gasteiger partial charge >= 0.3 is 0 Å². The first-order valence-electron chi connectivity index (χ1n) is 5.23. The van der Waals surface area contributed by atoms with E-state index in [2.05, 4.69) is 15.9 Å². The zero-order valence-corrected chi connectivity index (χ0v) is 12.0. The summed E-state index contributed by atoms with van der Waals surface area (Å²) in [6.45, 7) is -0.0382. The van der Waals surface area contributed by atoms with Crippen LogP contribution < -0.4 is 0 Å². The molecule has 1 rings (SSSR count). The number of rotatable bonds is 3. The second-order valence-corrected chi connectivity index (χ2v) is 4.93. The molecule has 0 aliphatic heterocycles. The first kappa shape index (κ1) is 14.6. The molecule has 0 aliphatic rings. The molecule has 0 saturated heterocycles. The van der Waals surface area contributed by atoms with Crippen molar-refractivity contribution in [2.75, 3.05) is 27.7 Å². The van der Waals surface area contributed by atoms with Crippen LogP contribution in [0.15, 0.2) is 22.7 Å². The van der Waals surface area contributed by atoms with Crippen LogP contribution >= 0.6 is 15.9 Å². The molecule has 0 atom stereocenters. The SMILES string of the molecule is CN(C)C(=O)CN(C)C(=O)c1ccc(Br)c(F)c1. The second-order valence-electron chi connectivity index (χ2n) is 4.08. The normalized spacial score (nSPS) is 10.1. The van der Waals surface area contributed by atoms with Crippen molar-refractivity contribution in [1.29, 1.82) is 0 Å². The molecule has 1 aromatic rings. The van der Waals surface area contributed by atoms with E-state index >= 15 is 0 Å². The van der Waals surface area contributed by atoms with Crippen LogP contribution in [0.3, 0.4) is 0 Å². The van der Waals surface area contributed by atoms with Gasteiger partial charge in [-0.15, -0.1) is 0 Å². The highest BCUT2D eigenvalue weighted by Crippen LogP contribution is 2.17. The largest absolute Gasteiger partial charge is 0.347 e. The predicted molar refractivity (Wildman–Crippen MR) is 69.8 cm³/mol. The summed E-state index contributed by atoms with van der Waals surface area (Å²) in [5.41, 5.74) is 0.213. The number of benzene rings is 1. The molecule has 1 aromatic carbocycles. The van der Waals surface area contributed by atoms with Crippen LogP contribution in [0.1, 0.15) is 10.4 Å². The molecule has 0 N–H and O–H groups in total. The van der Waals surface area contributed by atoms with Crippen LogP contribution in [0.4, 0.5) is 4.39 Å². The van der Waals surface area contributed by atoms with Crippen molar-refractivity contribution < 1.29 is 14.0 Å². The second kappa shape index (κ2) is 5.95. The van der Waals surface area contributed by atoms with Gasteiger partial charge in [0.2, 0.25) is 5.91 Å². The van der Waals surface area contributed by atoms with Gasteiger partial charge in [0, 0.05) is 26.7 Å². The highest BCUT2D eigenvalue weighted by Gasteiger charge is 2.16. The highest BCUT2D eigenvalue weighted by atomic mass is 79.9. The number of carbonyl (C=O) groups excluding carboxylic acids is 2. The van der Waals surface area contributed by atoms with Gasteiger partial charge in [-0.1, -0.05) is 0 Å². The van der Waals surface area contributed by atoms with E-state index in [0.29, 0.717) is 4.47 Å². The molecule has 4 nitrogen and oxygen atoms in total. The first-order chi connectivity index (χ1) is 8.32. The zero-order valence-electron chi connectivity index (χ0n) is 10.4. The summed E-state index contributed by atoms with van der Waals surface area (Å²) in [6, 6.07) is 4.11. The molecular weight excluding hydrogens is 303 g/mol. The summed E-state index contributed by atoms with van der Waals surface area (Å²) in [7, 11) is 4.73. The molecule has 2 amide bonds. The van der Waals surface area contributed by atoms with E-state index in [1.807, 2.05) is 0 Å². The van der Waals surface area contributed by atoms with Crippen LogP contribution in [0.5, 0.6) is 0 Å². The minimum absolute atomic E-state index is 0.0382. The molecular formula is C12H14BrFN2O2. The Morgan fingerprint density at radius 1 is 1.28 bits per heavy atom. The molecule has 0 saturated carbocycles. The number of amides is 2. The van der Waals surface area contributed by atoms with E-state index in [4.69, 9.17) is 0 Å². The predicted octanol–water partition coefficient (Wildman–Crippen LogP) is 1.75. The maximum absolute atomic E-state index is 13.3. The van der Waals surface area contributed by atoms with E-state index in [1.165, 1.54) is 29.0 Å². The number of hydrogen-bond acceptors (Lipinski definition) is 2. The molecule has 98 valence electrons. The molecule has 0 radical (unpaired) electrons. The van der Waals surface area contributed by atoms with Crippen molar-refractivity contribution in [3.63, 3.8) is 0 Å². The van der Waals surface area contributed by atoms with Crippen LogP contribution in [0, 0.1) is 5.82 Å². The lowest BCUT2D eigenvalue weighted by Crippen LogP contribution is -2.37. The Bertz CT molecular complexity index is 477. The third-order valence-electron chi connectivity index (χ3n) is 2.38. The standard InChI is InChI=1S/C12H14BrFN2O2/c1-15(2)11(17)7-16(3)12(18)8-4-5-9(13)10(14)6-8/h4-6H,7H2,1-3H3. The molecule has 18 heavy (non-hydrogen) atoms. The van der Waals surface area contributed by atoms with Crippen LogP contribution in [-0.4, -0.2) is 49.3 Å². The van der Waals surface area contributed by atoms with Gasteiger partial charge < -0.3 is 9.80 Å². The maximum atomic E-state index is 13.3. The Morgan fingerprint density at radius 2 is 1.89 bits per heavy atom. The summed E-state index contributed by atoms with van der Waals surface area (Å²) in [5.74, 6) is -1.09. The van der Waals surface area contributed by atoms with E-state index in [1.54, 1.807) is 14.1 Å². The van der Waals surface area contributed by atoms with Gasteiger partial charge in [0.05, 0.1) is 11.0 Å². The fourth-order valence-corrected chi connectivity index (χ4v) is 1.51. The molecule has 0 fully saturated rings. The van der Waals surface area contributed by atoms with Gasteiger partial charge in [0.1, 0.15) is 5.82 Å². The van der Waals surface area contributed by atoms with Crippen molar-refractivity contribution in [3.05, 3.63) is 34.1 Å². The van der Waals surface area contributed by atoms with Crippen molar-refractivity contribution in [2.24, 2.45) is 0 Å². The van der Waals surface area contributed by atoms with Gasteiger partial charge in [0.15, 0.2) is 0 Å². The summed E-state index contributed by atoms with van der Waals surface area (Å²) in [5, 5.41) is 0. The van der Waals surface area contributed by atoms with Crippen molar-refractivity contribution in [1.82, 2.24) is 9.80 Å². The number of carbonyl (C=O) groups is 2. The Kier molecular flexibility index (Phi) is 4.84. The molecule has 6 heteroatoms. The van der Waals surface area contributed by atoms with Crippen molar-refractivity contribution in [3.8, 4) is 0 Å². The van der Waals surface area contributed by atoms with Crippen molar-refractivity contribution in [2.45, 2.75) is 0 Å². The monoisotopic (exact) mass is 316 g/mol. The Hall–Kier alpha value is -1.43. The Labute approximate surface area is 113 Å². The van der Waals surface area contributed by atoms with Gasteiger partial charge in [0.25, 0.3) is 5.91 Å².